The lowest BCUT2D eigenvalue weighted by Crippen LogP contribution is -2.27. The second kappa shape index (κ2) is 7.84. The number of thiazole rings is 1. The van der Waals surface area contributed by atoms with Crippen molar-refractivity contribution >= 4 is 23.1 Å². The molecule has 7 heteroatoms. The third-order valence-corrected chi connectivity index (χ3v) is 5.13. The number of aromatic nitrogens is 3. The van der Waals surface area contributed by atoms with Gasteiger partial charge in [-0.1, -0.05) is 12.1 Å². The van der Waals surface area contributed by atoms with E-state index < -0.39 is 0 Å². The first-order chi connectivity index (χ1) is 12.8. The van der Waals surface area contributed by atoms with Crippen LogP contribution in [0.1, 0.15) is 38.9 Å². The molecule has 3 rings (SSSR count). The summed E-state index contributed by atoms with van der Waals surface area (Å²) in [5.41, 5.74) is 3.17. The van der Waals surface area contributed by atoms with Crippen LogP contribution in [0, 0.1) is 13.8 Å². The molecule has 0 saturated carbocycles. The minimum absolute atomic E-state index is 0.128. The molecule has 0 bridgehead atoms. The van der Waals surface area contributed by atoms with Crippen molar-refractivity contribution in [3.63, 3.8) is 0 Å². The lowest BCUT2D eigenvalue weighted by Gasteiger charge is -2.14. The highest BCUT2D eigenvalue weighted by molar-refractivity contribution is 7.11. The van der Waals surface area contributed by atoms with Gasteiger partial charge in [-0.05, 0) is 32.9 Å². The van der Waals surface area contributed by atoms with E-state index in [1.807, 2.05) is 64.0 Å². The van der Waals surface area contributed by atoms with Gasteiger partial charge >= 0.3 is 0 Å². The Balaban J connectivity index is 1.81. The molecule has 2 aromatic heterocycles. The molecule has 0 spiro atoms. The molecule has 140 valence electrons. The van der Waals surface area contributed by atoms with E-state index in [1.165, 1.54) is 6.33 Å². The summed E-state index contributed by atoms with van der Waals surface area (Å²) in [6.07, 6.45) is 1.53. The Labute approximate surface area is 163 Å². The molecule has 0 aliphatic carbocycles. The van der Waals surface area contributed by atoms with Gasteiger partial charge in [0.1, 0.15) is 12.1 Å². The summed E-state index contributed by atoms with van der Waals surface area (Å²) in [5, 5.41) is 4.04. The average Bonchev–Trinajstić information content (AvgIpc) is 3.00. The van der Waals surface area contributed by atoms with Gasteiger partial charge in [0.25, 0.3) is 5.91 Å². The van der Waals surface area contributed by atoms with Gasteiger partial charge in [0.05, 0.1) is 22.4 Å². The lowest BCUT2D eigenvalue weighted by molar-refractivity contribution is 0.0939. The summed E-state index contributed by atoms with van der Waals surface area (Å²) in [6.45, 7) is 5.96. The van der Waals surface area contributed by atoms with E-state index in [0.29, 0.717) is 5.56 Å². The molecular formula is C20H23N5OS. The van der Waals surface area contributed by atoms with Crippen molar-refractivity contribution in [2.75, 3.05) is 19.0 Å². The van der Waals surface area contributed by atoms with Crippen molar-refractivity contribution in [3.8, 4) is 11.3 Å². The van der Waals surface area contributed by atoms with Gasteiger partial charge in [-0.2, -0.15) is 0 Å². The maximum Gasteiger partial charge on any atom is 0.251 e. The predicted octanol–water partition coefficient (Wildman–Crippen LogP) is 3.77. The number of carbonyl (C=O) groups excluding carboxylic acids is 1. The molecule has 2 heterocycles. The highest BCUT2D eigenvalue weighted by atomic mass is 32.1. The van der Waals surface area contributed by atoms with Gasteiger partial charge in [0.15, 0.2) is 0 Å². The summed E-state index contributed by atoms with van der Waals surface area (Å²) >= 11 is 1.64. The molecule has 27 heavy (non-hydrogen) atoms. The van der Waals surface area contributed by atoms with Crippen molar-refractivity contribution in [2.24, 2.45) is 0 Å². The monoisotopic (exact) mass is 381 g/mol. The number of hydrogen-bond acceptors (Lipinski definition) is 6. The van der Waals surface area contributed by atoms with Crippen LogP contribution < -0.4 is 10.2 Å². The maximum atomic E-state index is 12.7. The molecule has 0 fully saturated rings. The Kier molecular flexibility index (Phi) is 5.51. The smallest absolute Gasteiger partial charge is 0.251 e. The second-order valence-corrected chi connectivity index (χ2v) is 8.01. The molecule has 1 amide bonds. The first-order valence-corrected chi connectivity index (χ1v) is 9.51. The van der Waals surface area contributed by atoms with Crippen LogP contribution in [-0.4, -0.2) is 35.0 Å². The lowest BCUT2D eigenvalue weighted by atomic mass is 10.1. The van der Waals surface area contributed by atoms with E-state index in [4.69, 9.17) is 0 Å². The van der Waals surface area contributed by atoms with Crippen LogP contribution >= 0.6 is 11.3 Å². The van der Waals surface area contributed by atoms with Crippen LogP contribution in [0.5, 0.6) is 0 Å². The number of anilines is 1. The summed E-state index contributed by atoms with van der Waals surface area (Å²) in [7, 11) is 3.86. The van der Waals surface area contributed by atoms with Crippen LogP contribution in [0.2, 0.25) is 0 Å². The molecule has 1 N–H and O–H groups in total. The van der Waals surface area contributed by atoms with E-state index in [2.05, 4.69) is 20.3 Å². The van der Waals surface area contributed by atoms with Crippen molar-refractivity contribution in [2.45, 2.75) is 26.8 Å². The van der Waals surface area contributed by atoms with Crippen LogP contribution in [0.25, 0.3) is 11.3 Å². The summed E-state index contributed by atoms with van der Waals surface area (Å²) < 4.78 is 0. The Morgan fingerprint density at radius 1 is 1.19 bits per heavy atom. The molecule has 1 atom stereocenters. The number of hydrogen-bond donors (Lipinski definition) is 1. The van der Waals surface area contributed by atoms with E-state index in [1.54, 1.807) is 17.4 Å². The standard InChI is InChI=1S/C20H23N5OS/c1-12(19-13(2)27-14(3)24-19)23-20(26)16-8-6-7-15(9-16)17-10-18(25(4)5)22-11-21-17/h6-12H,1-5H3,(H,23,26)/t12-/m0/s1. The zero-order valence-corrected chi connectivity index (χ0v) is 17.0. The molecule has 3 aromatic rings. The number of benzene rings is 1. The van der Waals surface area contributed by atoms with Crippen molar-refractivity contribution < 1.29 is 4.79 Å². The summed E-state index contributed by atoms with van der Waals surface area (Å²) in [5.74, 6) is 0.689. The average molecular weight is 382 g/mol. The minimum atomic E-state index is -0.148. The minimum Gasteiger partial charge on any atom is -0.363 e. The van der Waals surface area contributed by atoms with Gasteiger partial charge < -0.3 is 10.2 Å². The molecule has 0 aliphatic rings. The van der Waals surface area contributed by atoms with Crippen LogP contribution in [0.4, 0.5) is 5.82 Å². The van der Waals surface area contributed by atoms with Gasteiger partial charge in [-0.15, -0.1) is 11.3 Å². The second-order valence-electron chi connectivity index (χ2n) is 6.61. The van der Waals surface area contributed by atoms with Gasteiger partial charge in [0, 0.05) is 36.2 Å². The van der Waals surface area contributed by atoms with Crippen LogP contribution in [0.3, 0.4) is 0 Å². The van der Waals surface area contributed by atoms with Gasteiger partial charge in [-0.25, -0.2) is 15.0 Å². The first kappa shape index (κ1) is 19.0. The van der Waals surface area contributed by atoms with E-state index in [-0.39, 0.29) is 11.9 Å². The zero-order valence-electron chi connectivity index (χ0n) is 16.1. The highest BCUT2D eigenvalue weighted by Crippen LogP contribution is 2.24. The number of nitrogens with zero attached hydrogens (tertiary/aromatic N) is 4. The largest absolute Gasteiger partial charge is 0.363 e. The number of amides is 1. The van der Waals surface area contributed by atoms with Crippen molar-refractivity contribution in [1.82, 2.24) is 20.3 Å². The SMILES string of the molecule is Cc1nc([C@H](C)NC(=O)c2cccc(-c3cc(N(C)C)ncn3)c2)c(C)s1. The number of rotatable bonds is 5. The molecule has 6 nitrogen and oxygen atoms in total. The number of carbonyl (C=O) groups is 1. The zero-order chi connectivity index (χ0) is 19.6. The summed E-state index contributed by atoms with van der Waals surface area (Å²) in [4.78, 5) is 28.9. The predicted molar refractivity (Wildman–Crippen MR) is 109 cm³/mol. The van der Waals surface area contributed by atoms with Crippen LogP contribution in [-0.2, 0) is 0 Å². The topological polar surface area (TPSA) is 71.0 Å². The molecule has 0 radical (unpaired) electrons. The molecule has 0 saturated heterocycles. The fraction of sp³-hybridized carbons (Fsp3) is 0.300. The number of nitrogens with one attached hydrogen (secondary N) is 1. The Hall–Kier alpha value is -2.80. The Morgan fingerprint density at radius 3 is 2.63 bits per heavy atom. The Morgan fingerprint density at radius 2 is 1.96 bits per heavy atom. The van der Waals surface area contributed by atoms with Gasteiger partial charge in [-0.3, -0.25) is 4.79 Å². The third-order valence-electron chi connectivity index (χ3n) is 4.23. The highest BCUT2D eigenvalue weighted by Gasteiger charge is 2.17. The maximum absolute atomic E-state index is 12.7. The third kappa shape index (κ3) is 4.31. The van der Waals surface area contributed by atoms with E-state index in [9.17, 15) is 4.79 Å². The number of aryl methyl sites for hydroxylation is 2. The van der Waals surface area contributed by atoms with E-state index in [0.717, 1.165) is 32.7 Å². The Bertz CT molecular complexity index is 967. The summed E-state index contributed by atoms with van der Waals surface area (Å²) in [6, 6.07) is 9.22. The molecular weight excluding hydrogens is 358 g/mol. The van der Waals surface area contributed by atoms with E-state index >= 15 is 0 Å². The normalized spacial score (nSPS) is 11.9. The van der Waals surface area contributed by atoms with Gasteiger partial charge in [0.2, 0.25) is 0 Å². The molecule has 0 aliphatic heterocycles. The van der Waals surface area contributed by atoms with Crippen LogP contribution in [0.15, 0.2) is 36.7 Å². The molecule has 0 unspecified atom stereocenters. The van der Waals surface area contributed by atoms with Crippen molar-refractivity contribution in [3.05, 3.63) is 57.8 Å². The molecule has 1 aromatic carbocycles. The fourth-order valence-electron chi connectivity index (χ4n) is 2.86. The quantitative estimate of drug-likeness (QED) is 0.728. The first-order valence-electron chi connectivity index (χ1n) is 8.69. The van der Waals surface area contributed by atoms with Crippen molar-refractivity contribution in [1.29, 1.82) is 0 Å². The fourth-order valence-corrected chi connectivity index (χ4v) is 3.78.